The zero-order chi connectivity index (χ0) is 18.1. The number of nitrogens with zero attached hydrogens (tertiary/aromatic N) is 2. The summed E-state index contributed by atoms with van der Waals surface area (Å²) >= 11 is 1.49. The van der Waals surface area contributed by atoms with Gasteiger partial charge in [-0.15, -0.1) is 11.3 Å². The van der Waals surface area contributed by atoms with E-state index in [4.69, 9.17) is 0 Å². The van der Waals surface area contributed by atoms with E-state index in [0.29, 0.717) is 29.5 Å². The molecule has 1 aliphatic rings. The van der Waals surface area contributed by atoms with Crippen molar-refractivity contribution >= 4 is 40.2 Å². The Morgan fingerprint density at radius 1 is 1.36 bits per heavy atom. The number of anilines is 3. The molecule has 1 aliphatic heterocycles. The first kappa shape index (κ1) is 17.6. The van der Waals surface area contributed by atoms with Crippen molar-refractivity contribution in [2.24, 2.45) is 0 Å². The van der Waals surface area contributed by atoms with E-state index in [1.54, 1.807) is 4.90 Å². The van der Waals surface area contributed by atoms with Crippen molar-refractivity contribution in [3.63, 3.8) is 0 Å². The summed E-state index contributed by atoms with van der Waals surface area (Å²) in [6.07, 6.45) is 0.975. The number of hydrogen-bond donors (Lipinski definition) is 1. The van der Waals surface area contributed by atoms with Crippen LogP contribution in [0.15, 0.2) is 29.6 Å². The molecule has 25 heavy (non-hydrogen) atoms. The van der Waals surface area contributed by atoms with Gasteiger partial charge in [-0.2, -0.15) is 0 Å². The van der Waals surface area contributed by atoms with Crippen LogP contribution in [0.25, 0.3) is 0 Å². The molecule has 0 aliphatic carbocycles. The Bertz CT molecular complexity index is 815. The quantitative estimate of drug-likeness (QED) is 0.899. The van der Waals surface area contributed by atoms with Crippen LogP contribution >= 0.6 is 11.3 Å². The molecule has 1 aromatic heterocycles. The van der Waals surface area contributed by atoms with E-state index in [-0.39, 0.29) is 11.8 Å². The lowest BCUT2D eigenvalue weighted by atomic mass is 10.2. The molecular weight excluding hydrogens is 334 g/mol. The van der Waals surface area contributed by atoms with E-state index in [2.05, 4.69) is 19.2 Å². The molecule has 0 saturated heterocycles. The molecule has 0 radical (unpaired) electrons. The number of para-hydroxylation sites is 2. The maximum atomic E-state index is 13.2. The summed E-state index contributed by atoms with van der Waals surface area (Å²) in [5, 5.41) is 4.75. The van der Waals surface area contributed by atoms with Crippen LogP contribution in [0, 0.1) is 6.92 Å². The standard InChI is InChI=1S/C19H23N3O2S/c1-5-12(2)21(4)10-17(23)22-16-9-7-6-8-15(16)20-19(24)14-11-25-13(3)18(14)22/h6-9,11-12H,5,10H2,1-4H3,(H,20,24). The van der Waals surface area contributed by atoms with Gasteiger partial charge in [-0.05, 0) is 39.4 Å². The first-order valence-corrected chi connectivity index (χ1v) is 9.33. The maximum absolute atomic E-state index is 13.2. The fourth-order valence-electron chi connectivity index (χ4n) is 2.98. The highest BCUT2D eigenvalue weighted by Gasteiger charge is 2.32. The monoisotopic (exact) mass is 357 g/mol. The van der Waals surface area contributed by atoms with Gasteiger partial charge in [0.15, 0.2) is 0 Å². The van der Waals surface area contributed by atoms with E-state index in [9.17, 15) is 9.59 Å². The predicted molar refractivity (Wildman–Crippen MR) is 103 cm³/mol. The summed E-state index contributed by atoms with van der Waals surface area (Å²) in [6.45, 7) is 6.46. The average Bonchev–Trinajstić information content (AvgIpc) is 2.91. The zero-order valence-electron chi connectivity index (χ0n) is 15.0. The molecule has 132 valence electrons. The molecule has 0 spiro atoms. The molecule has 0 saturated carbocycles. The van der Waals surface area contributed by atoms with Crippen LogP contribution in [-0.4, -0.2) is 36.3 Å². The van der Waals surface area contributed by atoms with Gasteiger partial charge in [0.05, 0.1) is 29.2 Å². The van der Waals surface area contributed by atoms with E-state index in [0.717, 1.165) is 17.0 Å². The van der Waals surface area contributed by atoms with Gasteiger partial charge in [0.1, 0.15) is 0 Å². The number of fused-ring (bicyclic) bond motifs is 2. The summed E-state index contributed by atoms with van der Waals surface area (Å²) in [7, 11) is 1.96. The number of hydrogen-bond acceptors (Lipinski definition) is 4. The number of thiophene rings is 1. The highest BCUT2D eigenvalue weighted by Crippen LogP contribution is 2.42. The minimum absolute atomic E-state index is 0.0329. The summed E-state index contributed by atoms with van der Waals surface area (Å²) in [5.41, 5.74) is 2.64. The zero-order valence-corrected chi connectivity index (χ0v) is 15.8. The SMILES string of the molecule is CCC(C)N(C)CC(=O)N1c2ccccc2NC(=O)c2csc(C)c21. The third-order valence-electron chi connectivity index (χ3n) is 4.78. The molecule has 1 aromatic carbocycles. The van der Waals surface area contributed by atoms with E-state index in [1.807, 2.05) is 48.5 Å². The Kier molecular flexibility index (Phi) is 4.92. The topological polar surface area (TPSA) is 52.7 Å². The van der Waals surface area contributed by atoms with Crippen LogP contribution in [0.5, 0.6) is 0 Å². The van der Waals surface area contributed by atoms with Crippen LogP contribution in [-0.2, 0) is 4.79 Å². The van der Waals surface area contributed by atoms with E-state index >= 15 is 0 Å². The van der Waals surface area contributed by atoms with Gasteiger partial charge in [-0.3, -0.25) is 19.4 Å². The largest absolute Gasteiger partial charge is 0.320 e. The number of carbonyl (C=O) groups excluding carboxylic acids is 2. The van der Waals surface area contributed by atoms with Gasteiger partial charge >= 0.3 is 0 Å². The van der Waals surface area contributed by atoms with Crippen molar-refractivity contribution in [2.75, 3.05) is 23.8 Å². The van der Waals surface area contributed by atoms with Gasteiger partial charge in [-0.25, -0.2) is 0 Å². The van der Waals surface area contributed by atoms with Gasteiger partial charge in [-0.1, -0.05) is 19.1 Å². The molecular formula is C19H23N3O2S. The van der Waals surface area contributed by atoms with E-state index in [1.165, 1.54) is 11.3 Å². The first-order chi connectivity index (χ1) is 11.9. The number of likely N-dealkylation sites (N-methyl/N-ethyl adjacent to an activating group) is 1. The number of rotatable bonds is 4. The molecule has 5 nitrogen and oxygen atoms in total. The Morgan fingerprint density at radius 3 is 2.80 bits per heavy atom. The summed E-state index contributed by atoms with van der Waals surface area (Å²) in [5.74, 6) is -0.202. The second-order valence-corrected chi connectivity index (χ2v) is 7.51. The second-order valence-electron chi connectivity index (χ2n) is 6.43. The normalized spacial score (nSPS) is 14.6. The Hall–Kier alpha value is -2.18. The molecule has 3 rings (SSSR count). The van der Waals surface area contributed by atoms with Gasteiger partial charge in [0.2, 0.25) is 5.91 Å². The smallest absolute Gasteiger partial charge is 0.258 e. The van der Waals surface area contributed by atoms with Crippen molar-refractivity contribution in [3.05, 3.63) is 40.1 Å². The minimum Gasteiger partial charge on any atom is -0.320 e. The number of aryl methyl sites for hydroxylation is 1. The van der Waals surface area contributed by atoms with Crippen LogP contribution in [0.2, 0.25) is 0 Å². The lowest BCUT2D eigenvalue weighted by molar-refractivity contribution is -0.119. The minimum atomic E-state index is -0.169. The lowest BCUT2D eigenvalue weighted by Crippen LogP contribution is -2.40. The van der Waals surface area contributed by atoms with E-state index < -0.39 is 0 Å². The first-order valence-electron chi connectivity index (χ1n) is 8.45. The molecule has 6 heteroatoms. The van der Waals surface area contributed by atoms with Crippen molar-refractivity contribution in [3.8, 4) is 0 Å². The summed E-state index contributed by atoms with van der Waals surface area (Å²) < 4.78 is 0. The molecule has 1 atom stereocenters. The second kappa shape index (κ2) is 6.98. The maximum Gasteiger partial charge on any atom is 0.258 e. The molecule has 2 aromatic rings. The van der Waals surface area contributed by atoms with Crippen molar-refractivity contribution in [1.82, 2.24) is 4.90 Å². The van der Waals surface area contributed by atoms with Crippen molar-refractivity contribution in [2.45, 2.75) is 33.2 Å². The number of carbonyl (C=O) groups is 2. The highest BCUT2D eigenvalue weighted by molar-refractivity contribution is 7.11. The molecule has 1 unspecified atom stereocenters. The Balaban J connectivity index is 2.08. The van der Waals surface area contributed by atoms with Gasteiger partial charge in [0, 0.05) is 16.3 Å². The fraction of sp³-hybridized carbons (Fsp3) is 0.368. The highest BCUT2D eigenvalue weighted by atomic mass is 32.1. The molecule has 0 fully saturated rings. The molecule has 2 heterocycles. The summed E-state index contributed by atoms with van der Waals surface area (Å²) in [6, 6.07) is 7.77. The summed E-state index contributed by atoms with van der Waals surface area (Å²) in [4.78, 5) is 30.5. The Morgan fingerprint density at radius 2 is 2.08 bits per heavy atom. The number of benzene rings is 1. The lowest BCUT2D eigenvalue weighted by Gasteiger charge is -2.28. The van der Waals surface area contributed by atoms with Crippen molar-refractivity contribution < 1.29 is 9.59 Å². The van der Waals surface area contributed by atoms with Gasteiger partial charge < -0.3 is 5.32 Å². The van der Waals surface area contributed by atoms with Crippen molar-refractivity contribution in [1.29, 1.82) is 0 Å². The molecule has 0 bridgehead atoms. The van der Waals surface area contributed by atoms with Crippen LogP contribution in [0.4, 0.5) is 17.1 Å². The predicted octanol–water partition coefficient (Wildman–Crippen LogP) is 4.02. The number of amides is 2. The average molecular weight is 357 g/mol. The Labute approximate surface area is 152 Å². The third-order valence-corrected chi connectivity index (χ3v) is 5.68. The number of nitrogens with one attached hydrogen (secondary N) is 1. The van der Waals surface area contributed by atoms with Gasteiger partial charge in [0.25, 0.3) is 5.91 Å². The fourth-order valence-corrected chi connectivity index (χ4v) is 3.81. The third kappa shape index (κ3) is 3.19. The van der Waals surface area contributed by atoms with Crippen LogP contribution in [0.3, 0.4) is 0 Å². The molecule has 1 N–H and O–H groups in total. The van der Waals surface area contributed by atoms with Crippen LogP contribution < -0.4 is 10.2 Å². The van der Waals surface area contributed by atoms with Crippen LogP contribution in [0.1, 0.15) is 35.5 Å². The molecule has 2 amide bonds.